The summed E-state index contributed by atoms with van der Waals surface area (Å²) in [5.74, 6) is 0. The maximum Gasteiger partial charge on any atom is 0.0620 e. The third kappa shape index (κ3) is 2.47. The molecule has 0 aromatic carbocycles. The Morgan fingerprint density at radius 2 is 2.00 bits per heavy atom. The maximum absolute atomic E-state index is 5.48. The second kappa shape index (κ2) is 4.85. The predicted octanol–water partition coefficient (Wildman–Crippen LogP) is 1.85. The van der Waals surface area contributed by atoms with Crippen molar-refractivity contribution in [3.63, 3.8) is 0 Å². The minimum absolute atomic E-state index is 0.501. The molecule has 2 atom stereocenters. The first-order chi connectivity index (χ1) is 5.75. The molecule has 0 radical (unpaired) electrons. The Morgan fingerprint density at radius 1 is 1.42 bits per heavy atom. The molecule has 0 bridgehead atoms. The lowest BCUT2D eigenvalue weighted by Crippen LogP contribution is -2.49. The second-order valence-corrected chi connectivity index (χ2v) is 3.55. The van der Waals surface area contributed by atoms with E-state index in [1.807, 2.05) is 6.08 Å². The van der Waals surface area contributed by atoms with E-state index in [-0.39, 0.29) is 0 Å². The van der Waals surface area contributed by atoms with E-state index in [0.717, 1.165) is 19.8 Å². The van der Waals surface area contributed by atoms with Crippen molar-refractivity contribution in [2.24, 2.45) is 0 Å². The highest BCUT2D eigenvalue weighted by Crippen LogP contribution is 2.12. The van der Waals surface area contributed by atoms with E-state index >= 15 is 0 Å². The van der Waals surface area contributed by atoms with Gasteiger partial charge in [0.2, 0.25) is 0 Å². The van der Waals surface area contributed by atoms with E-state index in [9.17, 15) is 0 Å². The number of hydrogen-bond acceptors (Lipinski definition) is 2. The highest BCUT2D eigenvalue weighted by Gasteiger charge is 2.23. The second-order valence-electron chi connectivity index (χ2n) is 3.29. The zero-order chi connectivity index (χ0) is 8.97. The van der Waals surface area contributed by atoms with Gasteiger partial charge in [-0.05, 0) is 13.8 Å². The predicted molar refractivity (Wildman–Crippen MR) is 51.4 cm³/mol. The summed E-state index contributed by atoms with van der Waals surface area (Å²) in [5, 5.41) is 0. The van der Waals surface area contributed by atoms with Crippen molar-refractivity contribution in [3.05, 3.63) is 11.6 Å². The normalized spacial score (nSPS) is 32.9. The van der Waals surface area contributed by atoms with Crippen molar-refractivity contribution in [1.29, 1.82) is 0 Å². The van der Waals surface area contributed by atoms with Gasteiger partial charge in [0.15, 0.2) is 0 Å². The molecule has 0 aromatic heterocycles. The zero-order valence-corrected chi connectivity index (χ0v) is 8.42. The molecule has 1 saturated heterocycles. The molecule has 1 aliphatic heterocycles. The van der Waals surface area contributed by atoms with Gasteiger partial charge in [-0.1, -0.05) is 17.7 Å². The molecule has 2 nitrogen and oxygen atoms in total. The molecule has 0 aromatic rings. The van der Waals surface area contributed by atoms with Gasteiger partial charge in [0, 0.05) is 24.2 Å². The number of morpholine rings is 1. The molecule has 3 heteroatoms. The standard InChI is InChI=1S/C9H16ClNO/c1-8-6-12-7-9(2)11(8)5-3-4-10/h3-4,8-9H,5-7H2,1-2H3/b4-3+. The summed E-state index contributed by atoms with van der Waals surface area (Å²) in [6, 6.07) is 1.00. The molecule has 0 amide bonds. The Bertz CT molecular complexity index is 151. The molecule has 0 spiro atoms. The fourth-order valence-corrected chi connectivity index (χ4v) is 1.64. The van der Waals surface area contributed by atoms with Crippen molar-refractivity contribution in [1.82, 2.24) is 4.90 Å². The lowest BCUT2D eigenvalue weighted by atomic mass is 10.2. The average molecular weight is 190 g/mol. The number of halogens is 1. The van der Waals surface area contributed by atoms with E-state index in [4.69, 9.17) is 16.3 Å². The van der Waals surface area contributed by atoms with E-state index in [0.29, 0.717) is 12.1 Å². The summed E-state index contributed by atoms with van der Waals surface area (Å²) in [7, 11) is 0. The van der Waals surface area contributed by atoms with Gasteiger partial charge >= 0.3 is 0 Å². The third-order valence-corrected chi connectivity index (χ3v) is 2.43. The number of nitrogens with zero attached hydrogens (tertiary/aromatic N) is 1. The summed E-state index contributed by atoms with van der Waals surface area (Å²) in [6.07, 6.45) is 1.97. The van der Waals surface area contributed by atoms with Crippen LogP contribution in [0.3, 0.4) is 0 Å². The van der Waals surface area contributed by atoms with Crippen molar-refractivity contribution in [3.8, 4) is 0 Å². The summed E-state index contributed by atoms with van der Waals surface area (Å²) in [4.78, 5) is 2.39. The minimum Gasteiger partial charge on any atom is -0.378 e. The van der Waals surface area contributed by atoms with Crippen LogP contribution in [0.4, 0.5) is 0 Å². The monoisotopic (exact) mass is 189 g/mol. The smallest absolute Gasteiger partial charge is 0.0620 e. The maximum atomic E-state index is 5.48. The SMILES string of the molecule is CC1COCC(C)N1C/C=C/Cl. The number of rotatable bonds is 2. The lowest BCUT2D eigenvalue weighted by molar-refractivity contribution is -0.0306. The van der Waals surface area contributed by atoms with Crippen LogP contribution in [0.15, 0.2) is 11.6 Å². The van der Waals surface area contributed by atoms with Crippen LogP contribution in [0.2, 0.25) is 0 Å². The van der Waals surface area contributed by atoms with Crippen molar-refractivity contribution >= 4 is 11.6 Å². The first kappa shape index (κ1) is 10.0. The lowest BCUT2D eigenvalue weighted by Gasteiger charge is -2.37. The highest BCUT2D eigenvalue weighted by atomic mass is 35.5. The van der Waals surface area contributed by atoms with Crippen LogP contribution in [-0.4, -0.2) is 36.7 Å². The molecular weight excluding hydrogens is 174 g/mol. The molecule has 1 fully saturated rings. The molecule has 70 valence electrons. The van der Waals surface area contributed by atoms with Crippen LogP contribution in [0.5, 0.6) is 0 Å². The average Bonchev–Trinajstić information content (AvgIpc) is 2.04. The van der Waals surface area contributed by atoms with Crippen LogP contribution >= 0.6 is 11.6 Å². The van der Waals surface area contributed by atoms with E-state index in [1.54, 1.807) is 5.54 Å². The molecule has 12 heavy (non-hydrogen) atoms. The van der Waals surface area contributed by atoms with Crippen LogP contribution < -0.4 is 0 Å². The Balaban J connectivity index is 2.45. The summed E-state index contributed by atoms with van der Waals surface area (Å²) < 4.78 is 5.41. The molecular formula is C9H16ClNO. The molecule has 2 unspecified atom stereocenters. The Morgan fingerprint density at radius 3 is 2.50 bits per heavy atom. The van der Waals surface area contributed by atoms with E-state index < -0.39 is 0 Å². The van der Waals surface area contributed by atoms with E-state index in [1.165, 1.54) is 0 Å². The Kier molecular flexibility index (Phi) is 4.06. The number of hydrogen-bond donors (Lipinski definition) is 0. The molecule has 0 saturated carbocycles. The molecule has 1 heterocycles. The van der Waals surface area contributed by atoms with Crippen molar-refractivity contribution in [2.45, 2.75) is 25.9 Å². The van der Waals surface area contributed by atoms with Crippen LogP contribution in [0.1, 0.15) is 13.8 Å². The van der Waals surface area contributed by atoms with Crippen LogP contribution in [0, 0.1) is 0 Å². The summed E-state index contributed by atoms with van der Waals surface area (Å²) in [6.45, 7) is 6.95. The Labute approximate surface area is 79.1 Å². The minimum atomic E-state index is 0.501. The Hall–Kier alpha value is -0.0500. The first-order valence-electron chi connectivity index (χ1n) is 4.34. The highest BCUT2D eigenvalue weighted by molar-refractivity contribution is 6.25. The topological polar surface area (TPSA) is 12.5 Å². The molecule has 0 N–H and O–H groups in total. The largest absolute Gasteiger partial charge is 0.378 e. The van der Waals surface area contributed by atoms with Gasteiger partial charge in [-0.3, -0.25) is 4.90 Å². The number of ether oxygens (including phenoxy) is 1. The quantitative estimate of drug-likeness (QED) is 0.658. The third-order valence-electron chi connectivity index (χ3n) is 2.26. The fraction of sp³-hybridized carbons (Fsp3) is 0.778. The summed E-state index contributed by atoms with van der Waals surface area (Å²) in [5.41, 5.74) is 1.58. The van der Waals surface area contributed by atoms with Gasteiger partial charge in [0.1, 0.15) is 0 Å². The first-order valence-corrected chi connectivity index (χ1v) is 4.78. The molecule has 0 aliphatic carbocycles. The van der Waals surface area contributed by atoms with Gasteiger partial charge in [-0.2, -0.15) is 0 Å². The van der Waals surface area contributed by atoms with Gasteiger partial charge in [0.05, 0.1) is 13.2 Å². The van der Waals surface area contributed by atoms with Crippen LogP contribution in [-0.2, 0) is 4.74 Å². The van der Waals surface area contributed by atoms with Gasteiger partial charge in [-0.25, -0.2) is 0 Å². The molecule has 1 rings (SSSR count). The van der Waals surface area contributed by atoms with Gasteiger partial charge in [-0.15, -0.1) is 0 Å². The van der Waals surface area contributed by atoms with Gasteiger partial charge < -0.3 is 4.74 Å². The van der Waals surface area contributed by atoms with Crippen LogP contribution in [0.25, 0.3) is 0 Å². The van der Waals surface area contributed by atoms with E-state index in [2.05, 4.69) is 18.7 Å². The molecule has 1 aliphatic rings. The fourth-order valence-electron chi connectivity index (χ4n) is 1.56. The van der Waals surface area contributed by atoms with Crippen molar-refractivity contribution in [2.75, 3.05) is 19.8 Å². The van der Waals surface area contributed by atoms with Gasteiger partial charge in [0.25, 0.3) is 0 Å². The zero-order valence-electron chi connectivity index (χ0n) is 7.66. The summed E-state index contributed by atoms with van der Waals surface area (Å²) >= 11 is 5.48. The van der Waals surface area contributed by atoms with Crippen molar-refractivity contribution < 1.29 is 4.74 Å².